The Morgan fingerprint density at radius 1 is 1.24 bits per heavy atom. The number of benzene rings is 1. The van der Waals surface area contributed by atoms with Gasteiger partial charge in [0.2, 0.25) is 0 Å². The highest BCUT2D eigenvalue weighted by molar-refractivity contribution is 5.23. The van der Waals surface area contributed by atoms with Crippen LogP contribution in [0.2, 0.25) is 0 Å². The van der Waals surface area contributed by atoms with Gasteiger partial charge in [-0.1, -0.05) is 56.5 Å². The van der Waals surface area contributed by atoms with E-state index in [1.807, 2.05) is 0 Å². The minimum Gasteiger partial charge on any atom is -0.330 e. The average Bonchev–Trinajstić information content (AvgIpc) is 2.35. The minimum atomic E-state index is 0.309. The first kappa shape index (κ1) is 14.2. The molecule has 1 aromatic carbocycles. The van der Waals surface area contributed by atoms with E-state index in [0.717, 1.165) is 13.0 Å². The molecule has 1 unspecified atom stereocenters. The van der Waals surface area contributed by atoms with Crippen molar-refractivity contribution in [3.8, 4) is 0 Å². The SMILES string of the molecule is CCCCC(CC)(CN)Cc1cccc(C)c1. The molecular weight excluding hydrogens is 206 g/mol. The molecule has 0 aliphatic rings. The zero-order valence-electron chi connectivity index (χ0n) is 11.6. The Hall–Kier alpha value is -0.820. The Kier molecular flexibility index (Phi) is 5.70. The van der Waals surface area contributed by atoms with Gasteiger partial charge in [-0.2, -0.15) is 0 Å². The first-order valence-corrected chi connectivity index (χ1v) is 6.91. The molecule has 0 fully saturated rings. The molecule has 0 radical (unpaired) electrons. The van der Waals surface area contributed by atoms with Crippen molar-refractivity contribution in [2.45, 2.75) is 52.9 Å². The third-order valence-corrected chi connectivity index (χ3v) is 3.91. The fourth-order valence-corrected chi connectivity index (χ4v) is 2.52. The van der Waals surface area contributed by atoms with E-state index in [0.29, 0.717) is 5.41 Å². The highest BCUT2D eigenvalue weighted by atomic mass is 14.6. The highest BCUT2D eigenvalue weighted by Crippen LogP contribution is 2.32. The van der Waals surface area contributed by atoms with Gasteiger partial charge in [0.05, 0.1) is 0 Å². The molecule has 1 atom stereocenters. The van der Waals surface area contributed by atoms with E-state index >= 15 is 0 Å². The third kappa shape index (κ3) is 4.16. The van der Waals surface area contributed by atoms with Gasteiger partial charge in [-0.25, -0.2) is 0 Å². The third-order valence-electron chi connectivity index (χ3n) is 3.91. The first-order chi connectivity index (χ1) is 8.15. The van der Waals surface area contributed by atoms with Crippen LogP contribution in [0.1, 0.15) is 50.7 Å². The molecule has 0 aromatic heterocycles. The Morgan fingerprint density at radius 3 is 2.53 bits per heavy atom. The summed E-state index contributed by atoms with van der Waals surface area (Å²) in [4.78, 5) is 0. The Morgan fingerprint density at radius 2 is 2.00 bits per heavy atom. The monoisotopic (exact) mass is 233 g/mol. The maximum Gasteiger partial charge on any atom is -0.00174 e. The van der Waals surface area contributed by atoms with Crippen LogP contribution in [0.3, 0.4) is 0 Å². The number of rotatable bonds is 7. The van der Waals surface area contributed by atoms with E-state index < -0.39 is 0 Å². The summed E-state index contributed by atoms with van der Waals surface area (Å²) in [7, 11) is 0. The van der Waals surface area contributed by atoms with Gasteiger partial charge < -0.3 is 5.73 Å². The van der Waals surface area contributed by atoms with E-state index in [2.05, 4.69) is 45.0 Å². The molecule has 96 valence electrons. The molecule has 0 aliphatic heterocycles. The number of hydrogen-bond donors (Lipinski definition) is 1. The van der Waals surface area contributed by atoms with Crippen LogP contribution in [0.25, 0.3) is 0 Å². The van der Waals surface area contributed by atoms with Gasteiger partial charge in [-0.05, 0) is 43.7 Å². The van der Waals surface area contributed by atoms with Gasteiger partial charge in [0, 0.05) is 0 Å². The second-order valence-electron chi connectivity index (χ2n) is 5.33. The molecule has 17 heavy (non-hydrogen) atoms. The predicted molar refractivity (Wildman–Crippen MR) is 76.2 cm³/mol. The van der Waals surface area contributed by atoms with Crippen LogP contribution in [0, 0.1) is 12.3 Å². The molecule has 0 bridgehead atoms. The molecule has 2 N–H and O–H groups in total. The lowest BCUT2D eigenvalue weighted by Gasteiger charge is -2.32. The van der Waals surface area contributed by atoms with Crippen molar-refractivity contribution in [3.05, 3.63) is 35.4 Å². The molecule has 0 aliphatic carbocycles. The van der Waals surface area contributed by atoms with E-state index in [-0.39, 0.29) is 0 Å². The molecule has 0 amide bonds. The summed E-state index contributed by atoms with van der Waals surface area (Å²) in [6.07, 6.45) is 6.11. The van der Waals surface area contributed by atoms with Gasteiger partial charge in [0.15, 0.2) is 0 Å². The number of aryl methyl sites for hydroxylation is 1. The predicted octanol–water partition coefficient (Wildman–Crippen LogP) is 4.08. The topological polar surface area (TPSA) is 26.0 Å². The molecule has 0 saturated heterocycles. The standard InChI is InChI=1S/C16H27N/c1-4-6-10-16(5-2,13-17)12-15-9-7-8-14(3)11-15/h7-9,11H,4-6,10,12-13,17H2,1-3H3. The maximum absolute atomic E-state index is 6.04. The van der Waals surface area contributed by atoms with Crippen LogP contribution in [0.5, 0.6) is 0 Å². The second kappa shape index (κ2) is 6.80. The Labute approximate surface area is 106 Å². The zero-order chi connectivity index (χ0) is 12.7. The molecule has 0 spiro atoms. The zero-order valence-corrected chi connectivity index (χ0v) is 11.6. The molecule has 0 heterocycles. The fourth-order valence-electron chi connectivity index (χ4n) is 2.52. The molecule has 0 saturated carbocycles. The van der Waals surface area contributed by atoms with Gasteiger partial charge in [0.25, 0.3) is 0 Å². The summed E-state index contributed by atoms with van der Waals surface area (Å²) in [6.45, 7) is 7.49. The Balaban J connectivity index is 2.78. The second-order valence-corrected chi connectivity index (χ2v) is 5.33. The summed E-state index contributed by atoms with van der Waals surface area (Å²) >= 11 is 0. The van der Waals surface area contributed by atoms with E-state index in [1.165, 1.54) is 36.8 Å². The van der Waals surface area contributed by atoms with Crippen molar-refractivity contribution in [1.82, 2.24) is 0 Å². The van der Waals surface area contributed by atoms with Crippen molar-refractivity contribution < 1.29 is 0 Å². The van der Waals surface area contributed by atoms with Crippen molar-refractivity contribution in [3.63, 3.8) is 0 Å². The molecule has 1 nitrogen and oxygen atoms in total. The van der Waals surface area contributed by atoms with Crippen molar-refractivity contribution in [2.75, 3.05) is 6.54 Å². The van der Waals surface area contributed by atoms with Crippen LogP contribution in [0.4, 0.5) is 0 Å². The maximum atomic E-state index is 6.04. The van der Waals surface area contributed by atoms with Crippen LogP contribution in [-0.4, -0.2) is 6.54 Å². The van der Waals surface area contributed by atoms with E-state index in [1.54, 1.807) is 0 Å². The fraction of sp³-hybridized carbons (Fsp3) is 0.625. The van der Waals surface area contributed by atoms with Gasteiger partial charge >= 0.3 is 0 Å². The van der Waals surface area contributed by atoms with Crippen molar-refractivity contribution in [1.29, 1.82) is 0 Å². The molecule has 1 aromatic rings. The van der Waals surface area contributed by atoms with Crippen molar-refractivity contribution >= 4 is 0 Å². The average molecular weight is 233 g/mol. The van der Waals surface area contributed by atoms with E-state index in [4.69, 9.17) is 5.73 Å². The van der Waals surface area contributed by atoms with Crippen LogP contribution in [-0.2, 0) is 6.42 Å². The number of nitrogens with two attached hydrogens (primary N) is 1. The minimum absolute atomic E-state index is 0.309. The first-order valence-electron chi connectivity index (χ1n) is 6.91. The summed E-state index contributed by atoms with van der Waals surface area (Å²) in [5.74, 6) is 0. The summed E-state index contributed by atoms with van der Waals surface area (Å²) in [5, 5.41) is 0. The van der Waals surface area contributed by atoms with Crippen LogP contribution < -0.4 is 5.73 Å². The lowest BCUT2D eigenvalue weighted by Crippen LogP contribution is -2.32. The molecule has 1 rings (SSSR count). The lowest BCUT2D eigenvalue weighted by molar-refractivity contribution is 0.251. The number of hydrogen-bond acceptors (Lipinski definition) is 1. The van der Waals surface area contributed by atoms with Crippen molar-refractivity contribution in [2.24, 2.45) is 11.1 Å². The smallest absolute Gasteiger partial charge is 0.00174 e. The summed E-state index contributed by atoms with van der Waals surface area (Å²) in [5.41, 5.74) is 9.14. The number of unbranched alkanes of at least 4 members (excludes halogenated alkanes) is 1. The lowest BCUT2D eigenvalue weighted by atomic mass is 9.75. The van der Waals surface area contributed by atoms with Gasteiger partial charge in [-0.3, -0.25) is 0 Å². The summed E-state index contributed by atoms with van der Waals surface area (Å²) < 4.78 is 0. The van der Waals surface area contributed by atoms with Crippen LogP contribution in [0.15, 0.2) is 24.3 Å². The van der Waals surface area contributed by atoms with Gasteiger partial charge in [0.1, 0.15) is 0 Å². The quantitative estimate of drug-likeness (QED) is 0.754. The molecular formula is C16H27N. The van der Waals surface area contributed by atoms with E-state index in [9.17, 15) is 0 Å². The normalized spacial score (nSPS) is 14.6. The summed E-state index contributed by atoms with van der Waals surface area (Å²) in [6, 6.07) is 8.85. The molecule has 1 heteroatoms. The van der Waals surface area contributed by atoms with Crippen LogP contribution >= 0.6 is 0 Å². The largest absolute Gasteiger partial charge is 0.330 e. The van der Waals surface area contributed by atoms with Gasteiger partial charge in [-0.15, -0.1) is 0 Å². The highest BCUT2D eigenvalue weighted by Gasteiger charge is 2.26. The Bertz CT molecular complexity index is 326.